The van der Waals surface area contributed by atoms with Gasteiger partial charge in [-0.05, 0) is 30.5 Å². The Morgan fingerprint density at radius 2 is 1.81 bits per heavy atom. The van der Waals surface area contributed by atoms with Crippen LogP contribution in [0.3, 0.4) is 0 Å². The molecule has 0 bridgehead atoms. The highest BCUT2D eigenvalue weighted by molar-refractivity contribution is 7.99. The highest BCUT2D eigenvalue weighted by Crippen LogP contribution is 2.24. The lowest BCUT2D eigenvalue weighted by molar-refractivity contribution is -0.119. The van der Waals surface area contributed by atoms with Gasteiger partial charge in [0.2, 0.25) is 5.91 Å². The fourth-order valence-corrected chi connectivity index (χ4v) is 4.23. The molecule has 1 unspecified atom stereocenters. The Bertz CT molecular complexity index is 1270. The molecule has 0 fully saturated rings. The smallest absolute Gasteiger partial charge is 0.278 e. The van der Waals surface area contributed by atoms with Crippen LogP contribution in [0.4, 0.5) is 0 Å². The average Bonchev–Trinajstić information content (AvgIpc) is 3.25. The van der Waals surface area contributed by atoms with Crippen LogP contribution in [0.2, 0.25) is 0 Å². The lowest BCUT2D eigenvalue weighted by Crippen LogP contribution is -2.33. The molecule has 164 valence electrons. The largest absolute Gasteiger partial charge is 0.353 e. The van der Waals surface area contributed by atoms with Crippen LogP contribution in [-0.2, 0) is 11.3 Å². The highest BCUT2D eigenvalue weighted by Gasteiger charge is 2.17. The van der Waals surface area contributed by atoms with Gasteiger partial charge in [0.25, 0.3) is 5.56 Å². The number of fused-ring (bicyclic) bond motifs is 1. The summed E-state index contributed by atoms with van der Waals surface area (Å²) in [5.74, 6) is 0.136. The summed E-state index contributed by atoms with van der Waals surface area (Å²) in [6, 6.07) is 21.6. The Morgan fingerprint density at radius 3 is 2.50 bits per heavy atom. The molecule has 4 aromatic rings. The molecule has 2 N–H and O–H groups in total. The van der Waals surface area contributed by atoms with E-state index >= 15 is 0 Å². The second-order valence-electron chi connectivity index (χ2n) is 7.75. The maximum atomic E-state index is 13.4. The molecule has 0 saturated carbocycles. The first-order valence-electron chi connectivity index (χ1n) is 10.7. The van der Waals surface area contributed by atoms with Crippen LogP contribution in [0.1, 0.15) is 25.8 Å². The lowest BCUT2D eigenvalue weighted by atomic mass is 10.2. The molecule has 0 aliphatic rings. The second kappa shape index (κ2) is 9.87. The molecule has 0 saturated heterocycles. The number of benzene rings is 2. The van der Waals surface area contributed by atoms with E-state index in [1.807, 2.05) is 80.6 Å². The van der Waals surface area contributed by atoms with Gasteiger partial charge in [-0.25, -0.2) is 4.98 Å². The Balaban J connectivity index is 1.72. The van der Waals surface area contributed by atoms with E-state index in [1.54, 1.807) is 4.57 Å². The molecule has 0 radical (unpaired) electrons. The number of hydrogen-bond acceptors (Lipinski definition) is 4. The number of carbonyl (C=O) groups excluding carboxylic acids is 1. The van der Waals surface area contributed by atoms with Crippen molar-refractivity contribution >= 4 is 28.7 Å². The molecule has 1 amide bonds. The van der Waals surface area contributed by atoms with Crippen molar-refractivity contribution < 1.29 is 4.79 Å². The number of carbonyl (C=O) groups is 1. The zero-order valence-electron chi connectivity index (χ0n) is 18.2. The first-order chi connectivity index (χ1) is 15.5. The van der Waals surface area contributed by atoms with Crippen molar-refractivity contribution in [2.75, 3.05) is 5.75 Å². The molecule has 7 heteroatoms. The monoisotopic (exact) mass is 446 g/mol. The number of rotatable bonds is 8. The Labute approximate surface area is 191 Å². The summed E-state index contributed by atoms with van der Waals surface area (Å²) in [5.41, 5.74) is 3.74. The third kappa shape index (κ3) is 4.94. The molecule has 0 aliphatic carbocycles. The van der Waals surface area contributed by atoms with E-state index in [2.05, 4.69) is 10.3 Å². The Morgan fingerprint density at radius 1 is 1.12 bits per heavy atom. The maximum Gasteiger partial charge on any atom is 0.278 e. The van der Waals surface area contributed by atoms with E-state index < -0.39 is 0 Å². The number of nitrogens with one attached hydrogen (secondary N) is 2. The molecule has 2 aromatic heterocycles. The van der Waals surface area contributed by atoms with Crippen molar-refractivity contribution in [2.45, 2.75) is 38.0 Å². The quantitative estimate of drug-likeness (QED) is 0.310. The van der Waals surface area contributed by atoms with Gasteiger partial charge in [0.15, 0.2) is 5.16 Å². The fraction of sp³-hybridized carbons (Fsp3) is 0.240. The summed E-state index contributed by atoms with van der Waals surface area (Å²) in [5, 5.41) is 3.50. The molecule has 32 heavy (non-hydrogen) atoms. The summed E-state index contributed by atoms with van der Waals surface area (Å²) in [7, 11) is 0. The molecule has 2 aromatic carbocycles. The minimum atomic E-state index is -0.147. The van der Waals surface area contributed by atoms with Crippen LogP contribution in [0, 0.1) is 0 Å². The van der Waals surface area contributed by atoms with Crippen LogP contribution in [0.15, 0.2) is 76.7 Å². The Hall–Kier alpha value is -3.32. The van der Waals surface area contributed by atoms with E-state index in [-0.39, 0.29) is 23.3 Å². The zero-order valence-corrected chi connectivity index (χ0v) is 19.0. The number of H-pyrrole nitrogens is 1. The summed E-state index contributed by atoms with van der Waals surface area (Å²) in [4.78, 5) is 33.8. The maximum absolute atomic E-state index is 13.4. The standard InChI is InChI=1S/C25H26N4O2S/c1-3-17(2)26-22(30)16-32-25-28-21-14-20(19-12-8-5-9-13-19)27-23(21)24(31)29(25)15-18-10-6-4-7-11-18/h4-14,17,27H,3,15-16H2,1-2H3,(H,26,30). The molecule has 2 heterocycles. The lowest BCUT2D eigenvalue weighted by Gasteiger charge is -2.13. The first kappa shape index (κ1) is 21.9. The molecule has 0 aliphatic heterocycles. The third-order valence-corrected chi connectivity index (χ3v) is 6.30. The zero-order chi connectivity index (χ0) is 22.5. The van der Waals surface area contributed by atoms with Crippen LogP contribution >= 0.6 is 11.8 Å². The summed E-state index contributed by atoms with van der Waals surface area (Å²) in [6.07, 6.45) is 0.866. The van der Waals surface area contributed by atoms with E-state index in [0.717, 1.165) is 23.2 Å². The molecular formula is C25H26N4O2S. The normalized spacial score (nSPS) is 12.1. The van der Waals surface area contributed by atoms with Gasteiger partial charge in [-0.2, -0.15) is 0 Å². The molecule has 4 rings (SSSR count). The van der Waals surface area contributed by atoms with Crippen molar-refractivity contribution in [3.05, 3.63) is 82.6 Å². The number of thioether (sulfide) groups is 1. The Kier molecular flexibility index (Phi) is 6.75. The topological polar surface area (TPSA) is 79.8 Å². The molecule has 0 spiro atoms. The van der Waals surface area contributed by atoms with E-state index in [0.29, 0.717) is 22.7 Å². The van der Waals surface area contributed by atoms with Crippen LogP contribution in [0.25, 0.3) is 22.3 Å². The van der Waals surface area contributed by atoms with Crippen molar-refractivity contribution in [3.8, 4) is 11.3 Å². The first-order valence-corrected chi connectivity index (χ1v) is 11.7. The van der Waals surface area contributed by atoms with Gasteiger partial charge < -0.3 is 10.3 Å². The van der Waals surface area contributed by atoms with Crippen LogP contribution in [0.5, 0.6) is 0 Å². The van der Waals surface area contributed by atoms with Crippen LogP contribution in [-0.4, -0.2) is 32.2 Å². The van der Waals surface area contributed by atoms with Crippen molar-refractivity contribution in [1.29, 1.82) is 0 Å². The molecule has 6 nitrogen and oxygen atoms in total. The van der Waals surface area contributed by atoms with Gasteiger partial charge in [-0.1, -0.05) is 79.3 Å². The fourth-order valence-electron chi connectivity index (χ4n) is 3.42. The van der Waals surface area contributed by atoms with Gasteiger partial charge in [0.05, 0.1) is 17.8 Å². The summed E-state index contributed by atoms with van der Waals surface area (Å²) < 4.78 is 1.64. The minimum Gasteiger partial charge on any atom is -0.353 e. The SMILES string of the molecule is CCC(C)NC(=O)CSc1nc2cc(-c3ccccc3)[nH]c2c(=O)n1Cc1ccccc1. The van der Waals surface area contributed by atoms with Crippen molar-refractivity contribution in [1.82, 2.24) is 19.9 Å². The van der Waals surface area contributed by atoms with E-state index in [1.165, 1.54) is 11.8 Å². The number of nitrogens with zero attached hydrogens (tertiary/aromatic N) is 2. The predicted octanol–water partition coefficient (Wildman–Crippen LogP) is 4.45. The van der Waals surface area contributed by atoms with Crippen molar-refractivity contribution in [3.63, 3.8) is 0 Å². The molecule has 1 atom stereocenters. The van der Waals surface area contributed by atoms with Gasteiger partial charge in [-0.15, -0.1) is 0 Å². The summed E-state index contributed by atoms with van der Waals surface area (Å²) >= 11 is 1.29. The van der Waals surface area contributed by atoms with E-state index in [4.69, 9.17) is 4.98 Å². The molecular weight excluding hydrogens is 420 g/mol. The summed E-state index contributed by atoms with van der Waals surface area (Å²) in [6.45, 7) is 4.39. The third-order valence-electron chi connectivity index (χ3n) is 5.32. The van der Waals surface area contributed by atoms with Crippen molar-refractivity contribution in [2.24, 2.45) is 0 Å². The number of aromatic nitrogens is 3. The van der Waals surface area contributed by atoms with Gasteiger partial charge >= 0.3 is 0 Å². The van der Waals surface area contributed by atoms with Gasteiger partial charge in [-0.3, -0.25) is 14.2 Å². The number of amides is 1. The van der Waals surface area contributed by atoms with Gasteiger partial charge in [0, 0.05) is 11.7 Å². The van der Waals surface area contributed by atoms with Gasteiger partial charge in [0.1, 0.15) is 5.52 Å². The second-order valence-corrected chi connectivity index (χ2v) is 8.69. The predicted molar refractivity (Wildman–Crippen MR) is 130 cm³/mol. The number of aromatic amines is 1. The minimum absolute atomic E-state index is 0.0657. The van der Waals surface area contributed by atoms with Crippen LogP contribution < -0.4 is 10.9 Å². The number of hydrogen-bond donors (Lipinski definition) is 2. The van der Waals surface area contributed by atoms with E-state index in [9.17, 15) is 9.59 Å². The highest BCUT2D eigenvalue weighted by atomic mass is 32.2. The average molecular weight is 447 g/mol.